The molecule has 1 aromatic heterocycles. The Bertz CT molecular complexity index is 619. The van der Waals surface area contributed by atoms with Crippen molar-refractivity contribution in [1.29, 1.82) is 0 Å². The molecule has 1 fully saturated rings. The molecule has 1 aliphatic heterocycles. The van der Waals surface area contributed by atoms with E-state index in [1.165, 1.54) is 20.1 Å². The molecule has 1 saturated heterocycles. The Morgan fingerprint density at radius 2 is 1.88 bits per heavy atom. The number of amides is 1. The predicted octanol–water partition coefficient (Wildman–Crippen LogP) is 2.37. The summed E-state index contributed by atoms with van der Waals surface area (Å²) in [5.41, 5.74) is -5.91. The van der Waals surface area contributed by atoms with E-state index in [4.69, 9.17) is 0 Å². The van der Waals surface area contributed by atoms with E-state index in [0.29, 0.717) is 25.5 Å². The Hall–Kier alpha value is -1.28. The maximum Gasteiger partial charge on any atom is 0.426 e. The van der Waals surface area contributed by atoms with Crippen LogP contribution < -0.4 is 0 Å². The first-order chi connectivity index (χ1) is 11.3. The number of hydrogen-bond acceptors (Lipinski definition) is 3. The Morgan fingerprint density at radius 1 is 1.32 bits per heavy atom. The summed E-state index contributed by atoms with van der Waals surface area (Å²) in [6.45, 7) is -0.199. The summed E-state index contributed by atoms with van der Waals surface area (Å²) in [5.74, 6) is -1.60. The normalized spacial score (nSPS) is 19.8. The lowest BCUT2D eigenvalue weighted by molar-refractivity contribution is -0.250. The number of carbonyl (C=O) groups is 1. The molecule has 0 bridgehead atoms. The second-order valence-corrected chi connectivity index (χ2v) is 7.16. The highest BCUT2D eigenvalue weighted by Gasteiger charge is 2.57. The molecule has 11 heteroatoms. The van der Waals surface area contributed by atoms with Gasteiger partial charge < -0.3 is 10.0 Å². The molecule has 0 aliphatic carbocycles. The maximum atomic E-state index is 13.2. The molecule has 1 aromatic rings. The quantitative estimate of drug-likeness (QED) is 0.638. The van der Waals surface area contributed by atoms with Crippen molar-refractivity contribution in [1.82, 2.24) is 14.7 Å². The van der Waals surface area contributed by atoms with Gasteiger partial charge in [-0.05, 0) is 25.8 Å². The zero-order chi connectivity index (χ0) is 19.0. The van der Waals surface area contributed by atoms with Gasteiger partial charge in [0.15, 0.2) is 0 Å². The molecular weight excluding hydrogens is 368 g/mol. The summed E-state index contributed by atoms with van der Waals surface area (Å²) in [5, 5.41) is 13.3. The van der Waals surface area contributed by atoms with Crippen molar-refractivity contribution in [3.05, 3.63) is 18.0 Å². The molecule has 2 rings (SSSR count). The van der Waals surface area contributed by atoms with Crippen LogP contribution in [0.1, 0.15) is 31.4 Å². The van der Waals surface area contributed by atoms with Gasteiger partial charge in [-0.1, -0.05) is 9.24 Å². The molecule has 1 amide bonds. The molecule has 2 heterocycles. The van der Waals surface area contributed by atoms with Crippen molar-refractivity contribution in [3.8, 4) is 0 Å². The van der Waals surface area contributed by atoms with E-state index in [1.807, 2.05) is 0 Å². The fourth-order valence-corrected chi connectivity index (χ4v) is 3.00. The fraction of sp³-hybridized carbons (Fsp3) is 0.714. The number of halogens is 5. The summed E-state index contributed by atoms with van der Waals surface area (Å²) in [6, 6.07) is 1.59. The lowest BCUT2D eigenvalue weighted by Gasteiger charge is -2.37. The highest BCUT2D eigenvalue weighted by Crippen LogP contribution is 2.35. The molecule has 142 valence electrons. The Kier molecular flexibility index (Phi) is 5.45. The van der Waals surface area contributed by atoms with Gasteiger partial charge in [0.25, 0.3) is 11.6 Å². The van der Waals surface area contributed by atoms with Crippen molar-refractivity contribution in [3.63, 3.8) is 0 Å². The topological polar surface area (TPSA) is 58.4 Å². The number of rotatable bonds is 4. The SMILES string of the molecule is CC(O)(C(=O)N1CCC(c2ccnn2CC(F)(F)P)CC1)C(F)(F)F. The van der Waals surface area contributed by atoms with Gasteiger partial charge >= 0.3 is 6.18 Å². The summed E-state index contributed by atoms with van der Waals surface area (Å²) < 4.78 is 65.8. The van der Waals surface area contributed by atoms with Crippen LogP contribution in [0, 0.1) is 0 Å². The summed E-state index contributed by atoms with van der Waals surface area (Å²) in [7, 11) is 1.43. The average molecular weight is 387 g/mol. The molecule has 0 saturated carbocycles. The largest absolute Gasteiger partial charge is 0.426 e. The zero-order valence-corrected chi connectivity index (χ0v) is 14.6. The van der Waals surface area contributed by atoms with E-state index in [9.17, 15) is 31.9 Å². The number of hydrogen-bond donors (Lipinski definition) is 1. The highest BCUT2D eigenvalue weighted by molar-refractivity contribution is 7.18. The van der Waals surface area contributed by atoms with Crippen LogP contribution in [-0.2, 0) is 11.3 Å². The van der Waals surface area contributed by atoms with E-state index >= 15 is 0 Å². The van der Waals surface area contributed by atoms with Crippen LogP contribution >= 0.6 is 9.24 Å². The number of likely N-dealkylation sites (tertiary alicyclic amines) is 1. The van der Waals surface area contributed by atoms with Crippen molar-refractivity contribution >= 4 is 15.1 Å². The molecule has 2 unspecified atom stereocenters. The van der Waals surface area contributed by atoms with E-state index in [2.05, 4.69) is 5.10 Å². The first-order valence-corrected chi connectivity index (χ1v) is 8.17. The molecule has 25 heavy (non-hydrogen) atoms. The van der Waals surface area contributed by atoms with E-state index in [0.717, 1.165) is 4.90 Å². The van der Waals surface area contributed by atoms with Crippen LogP contribution in [-0.4, -0.2) is 56.2 Å². The predicted molar refractivity (Wildman–Crippen MR) is 82.1 cm³/mol. The number of alkyl halides is 5. The van der Waals surface area contributed by atoms with Gasteiger partial charge in [-0.15, -0.1) is 0 Å². The Labute approximate surface area is 143 Å². The van der Waals surface area contributed by atoms with Crippen LogP contribution in [0.5, 0.6) is 0 Å². The third kappa shape index (κ3) is 4.47. The molecule has 5 nitrogen and oxygen atoms in total. The van der Waals surface area contributed by atoms with Gasteiger partial charge in [-0.25, -0.2) is 8.78 Å². The lowest BCUT2D eigenvalue weighted by atomic mass is 9.92. The second kappa shape index (κ2) is 6.79. The highest BCUT2D eigenvalue weighted by atomic mass is 31.0. The number of piperidine rings is 1. The van der Waals surface area contributed by atoms with E-state index in [-0.39, 0.29) is 19.0 Å². The van der Waals surface area contributed by atoms with Crippen LogP contribution in [0.2, 0.25) is 0 Å². The molecule has 0 aromatic carbocycles. The van der Waals surface area contributed by atoms with Crippen LogP contribution in [0.4, 0.5) is 22.0 Å². The van der Waals surface area contributed by atoms with Crippen molar-refractivity contribution in [2.75, 3.05) is 13.1 Å². The minimum atomic E-state index is -5.07. The smallest absolute Gasteiger partial charge is 0.373 e. The summed E-state index contributed by atoms with van der Waals surface area (Å²) in [6.07, 6.45) is -3.08. The maximum absolute atomic E-state index is 13.2. The number of nitrogens with zero attached hydrogens (tertiary/aromatic N) is 3. The van der Waals surface area contributed by atoms with E-state index < -0.39 is 29.9 Å². The fourth-order valence-electron chi connectivity index (χ4n) is 2.83. The molecule has 0 radical (unpaired) electrons. The second-order valence-electron chi connectivity index (χ2n) is 6.31. The lowest BCUT2D eigenvalue weighted by Crippen LogP contribution is -2.57. The Balaban J connectivity index is 2.04. The number of carbonyl (C=O) groups excluding carboxylic acids is 1. The number of aromatic nitrogens is 2. The average Bonchev–Trinajstić information content (AvgIpc) is 2.91. The third-order valence-corrected chi connectivity index (χ3v) is 4.46. The minimum absolute atomic E-state index is 0.00181. The van der Waals surface area contributed by atoms with Crippen LogP contribution in [0.3, 0.4) is 0 Å². The van der Waals surface area contributed by atoms with Crippen LogP contribution in [0.25, 0.3) is 0 Å². The van der Waals surface area contributed by atoms with Gasteiger partial charge in [0, 0.05) is 30.9 Å². The van der Waals surface area contributed by atoms with Crippen molar-refractivity contribution < 1.29 is 31.9 Å². The molecule has 0 spiro atoms. The minimum Gasteiger partial charge on any atom is -0.373 e. The van der Waals surface area contributed by atoms with Gasteiger partial charge in [-0.2, -0.15) is 18.3 Å². The van der Waals surface area contributed by atoms with Crippen molar-refractivity contribution in [2.45, 2.75) is 49.7 Å². The zero-order valence-electron chi connectivity index (χ0n) is 13.4. The van der Waals surface area contributed by atoms with E-state index in [1.54, 1.807) is 6.07 Å². The Morgan fingerprint density at radius 3 is 2.36 bits per heavy atom. The first kappa shape index (κ1) is 20.0. The molecule has 1 N–H and O–H groups in total. The van der Waals surface area contributed by atoms with Gasteiger partial charge in [0.1, 0.15) is 6.54 Å². The van der Waals surface area contributed by atoms with Gasteiger partial charge in [0.05, 0.1) is 0 Å². The van der Waals surface area contributed by atoms with Gasteiger partial charge in [-0.3, -0.25) is 9.48 Å². The third-order valence-electron chi connectivity index (χ3n) is 4.28. The molecular formula is C14H19F5N3O2P. The number of aliphatic hydroxyl groups is 1. The summed E-state index contributed by atoms with van der Waals surface area (Å²) in [4.78, 5) is 12.9. The molecule has 2 atom stereocenters. The summed E-state index contributed by atoms with van der Waals surface area (Å²) >= 11 is 0. The van der Waals surface area contributed by atoms with Crippen molar-refractivity contribution in [2.24, 2.45) is 0 Å². The first-order valence-electron chi connectivity index (χ1n) is 7.60. The monoisotopic (exact) mass is 387 g/mol. The van der Waals surface area contributed by atoms with Crippen LogP contribution in [0.15, 0.2) is 12.3 Å². The standard InChI is InChI=1S/C14H19F5N3O2P/c1-12(24,14(17,18)19)11(23)21-6-3-9(4-7-21)10-2-5-20-22(10)8-13(15,16)25/h2,5,9,24H,3-4,6-8,25H2,1H3. The molecule has 1 aliphatic rings. The van der Waals surface area contributed by atoms with Gasteiger partial charge in [0.2, 0.25) is 5.60 Å².